The van der Waals surface area contributed by atoms with Gasteiger partial charge >= 0.3 is 0 Å². The molecule has 0 spiro atoms. The third-order valence-corrected chi connectivity index (χ3v) is 2.13. The highest BCUT2D eigenvalue weighted by molar-refractivity contribution is 5.75. The molecule has 4 N–H and O–H groups in total. The van der Waals surface area contributed by atoms with E-state index in [1.807, 2.05) is 0 Å². The van der Waals surface area contributed by atoms with Gasteiger partial charge in [0.05, 0.1) is 0 Å². The molecule has 0 bridgehead atoms. The van der Waals surface area contributed by atoms with Crippen LogP contribution in [-0.4, -0.2) is 12.5 Å². The van der Waals surface area contributed by atoms with Gasteiger partial charge in [-0.05, 0) is 24.0 Å². The Bertz CT molecular complexity index is 297. The van der Waals surface area contributed by atoms with E-state index in [4.69, 9.17) is 11.5 Å². The lowest BCUT2D eigenvalue weighted by Gasteiger charge is -2.00. The summed E-state index contributed by atoms with van der Waals surface area (Å²) < 4.78 is 0. The Morgan fingerprint density at radius 3 is 2.21 bits per heavy atom. The molecule has 0 aliphatic rings. The molecule has 0 radical (unpaired) electrons. The molecule has 14 heavy (non-hydrogen) atoms. The minimum absolute atomic E-state index is 0.162. The van der Waals surface area contributed by atoms with Crippen molar-refractivity contribution in [1.82, 2.24) is 0 Å². The Morgan fingerprint density at radius 1 is 1.14 bits per heavy atom. The molecule has 0 aromatic heterocycles. The van der Waals surface area contributed by atoms with Crippen molar-refractivity contribution >= 4 is 5.96 Å². The van der Waals surface area contributed by atoms with E-state index < -0.39 is 0 Å². The highest BCUT2D eigenvalue weighted by Crippen LogP contribution is 2.05. The van der Waals surface area contributed by atoms with Gasteiger partial charge in [-0.25, -0.2) is 0 Å². The Hall–Kier alpha value is -1.51. The first-order valence-corrected chi connectivity index (χ1v) is 4.85. The molecule has 1 aromatic rings. The van der Waals surface area contributed by atoms with E-state index in [-0.39, 0.29) is 5.96 Å². The van der Waals surface area contributed by atoms with Gasteiger partial charge in [0.1, 0.15) is 0 Å². The van der Waals surface area contributed by atoms with Crippen LogP contribution in [0, 0.1) is 0 Å². The maximum absolute atomic E-state index is 5.23. The molecule has 0 amide bonds. The normalized spacial score (nSPS) is 9.79. The molecular formula is C11H17N3. The zero-order valence-electron chi connectivity index (χ0n) is 8.53. The second-order valence-electron chi connectivity index (χ2n) is 3.23. The molecule has 0 saturated heterocycles. The number of guanidine groups is 1. The lowest BCUT2D eigenvalue weighted by atomic mass is 10.1. The fourth-order valence-corrected chi connectivity index (χ4v) is 1.26. The highest BCUT2D eigenvalue weighted by Gasteiger charge is 1.92. The van der Waals surface area contributed by atoms with Crippen molar-refractivity contribution < 1.29 is 0 Å². The van der Waals surface area contributed by atoms with Crippen LogP contribution in [0.3, 0.4) is 0 Å². The van der Waals surface area contributed by atoms with Gasteiger partial charge in [-0.3, -0.25) is 4.99 Å². The first kappa shape index (κ1) is 10.6. The molecule has 0 atom stereocenters. The van der Waals surface area contributed by atoms with Crippen LogP contribution in [0.1, 0.15) is 18.1 Å². The van der Waals surface area contributed by atoms with Crippen LogP contribution >= 0.6 is 0 Å². The summed E-state index contributed by atoms with van der Waals surface area (Å²) in [6.45, 7) is 2.81. The number of aliphatic imine (C=N–C) groups is 1. The number of hydrogen-bond donors (Lipinski definition) is 2. The summed E-state index contributed by atoms with van der Waals surface area (Å²) in [5.41, 5.74) is 13.1. The smallest absolute Gasteiger partial charge is 0.185 e. The van der Waals surface area contributed by atoms with Gasteiger partial charge in [-0.2, -0.15) is 0 Å². The highest BCUT2D eigenvalue weighted by atomic mass is 15.0. The van der Waals surface area contributed by atoms with Gasteiger partial charge in [0.2, 0.25) is 0 Å². The van der Waals surface area contributed by atoms with Crippen molar-refractivity contribution in [3.8, 4) is 0 Å². The molecule has 0 fully saturated rings. The number of hydrogen-bond acceptors (Lipinski definition) is 1. The fourth-order valence-electron chi connectivity index (χ4n) is 1.26. The van der Waals surface area contributed by atoms with Gasteiger partial charge in [0.25, 0.3) is 0 Å². The molecule has 0 saturated carbocycles. The van der Waals surface area contributed by atoms with Crippen LogP contribution in [0.15, 0.2) is 29.3 Å². The quantitative estimate of drug-likeness (QED) is 0.552. The third-order valence-electron chi connectivity index (χ3n) is 2.13. The Kier molecular flexibility index (Phi) is 3.98. The number of nitrogens with two attached hydrogens (primary N) is 2. The predicted molar refractivity (Wildman–Crippen MR) is 60.2 cm³/mol. The fraction of sp³-hybridized carbons (Fsp3) is 0.364. The zero-order chi connectivity index (χ0) is 10.4. The zero-order valence-corrected chi connectivity index (χ0v) is 8.53. The van der Waals surface area contributed by atoms with Crippen molar-refractivity contribution in [3.63, 3.8) is 0 Å². The third kappa shape index (κ3) is 3.47. The SMILES string of the molecule is CCc1ccc(CCN=C(N)N)cc1. The Balaban J connectivity index is 2.48. The van der Waals surface area contributed by atoms with Crippen LogP contribution in [0.5, 0.6) is 0 Å². The van der Waals surface area contributed by atoms with Crippen LogP contribution in [-0.2, 0) is 12.8 Å². The maximum Gasteiger partial charge on any atom is 0.185 e. The minimum atomic E-state index is 0.162. The van der Waals surface area contributed by atoms with Crippen molar-refractivity contribution in [2.75, 3.05) is 6.54 Å². The molecule has 3 nitrogen and oxygen atoms in total. The first-order chi connectivity index (χ1) is 6.72. The second kappa shape index (κ2) is 5.27. The van der Waals surface area contributed by atoms with Gasteiger partial charge in [-0.1, -0.05) is 31.2 Å². The summed E-state index contributed by atoms with van der Waals surface area (Å²) in [4.78, 5) is 3.93. The number of benzene rings is 1. The summed E-state index contributed by atoms with van der Waals surface area (Å²) >= 11 is 0. The molecule has 0 heterocycles. The van der Waals surface area contributed by atoms with E-state index in [1.54, 1.807) is 0 Å². The van der Waals surface area contributed by atoms with E-state index in [2.05, 4.69) is 36.2 Å². The predicted octanol–water partition coefficient (Wildman–Crippen LogP) is 1.06. The topological polar surface area (TPSA) is 64.4 Å². The Morgan fingerprint density at radius 2 is 1.71 bits per heavy atom. The van der Waals surface area contributed by atoms with Gasteiger partial charge in [-0.15, -0.1) is 0 Å². The molecular weight excluding hydrogens is 174 g/mol. The van der Waals surface area contributed by atoms with E-state index in [9.17, 15) is 0 Å². The average molecular weight is 191 g/mol. The summed E-state index contributed by atoms with van der Waals surface area (Å²) in [7, 11) is 0. The molecule has 3 heteroatoms. The van der Waals surface area contributed by atoms with E-state index in [0.717, 1.165) is 12.8 Å². The molecule has 1 aromatic carbocycles. The standard InChI is InChI=1S/C11H17N3/c1-2-9-3-5-10(6-4-9)7-8-14-11(12)13/h3-6H,2,7-8H2,1H3,(H4,12,13,14). The van der Waals surface area contributed by atoms with Gasteiger partial charge in [0, 0.05) is 6.54 Å². The lowest BCUT2D eigenvalue weighted by molar-refractivity contribution is 0.959. The molecule has 0 aliphatic carbocycles. The molecule has 0 unspecified atom stereocenters. The molecule has 76 valence electrons. The van der Waals surface area contributed by atoms with Crippen molar-refractivity contribution in [1.29, 1.82) is 0 Å². The average Bonchev–Trinajstić information content (AvgIpc) is 2.18. The monoisotopic (exact) mass is 191 g/mol. The molecule has 0 aliphatic heterocycles. The van der Waals surface area contributed by atoms with E-state index in [1.165, 1.54) is 11.1 Å². The maximum atomic E-state index is 5.23. The van der Waals surface area contributed by atoms with Gasteiger partial charge < -0.3 is 11.5 Å². The summed E-state index contributed by atoms with van der Waals surface area (Å²) in [6.07, 6.45) is 1.97. The van der Waals surface area contributed by atoms with E-state index >= 15 is 0 Å². The van der Waals surface area contributed by atoms with Crippen LogP contribution in [0.4, 0.5) is 0 Å². The summed E-state index contributed by atoms with van der Waals surface area (Å²) in [5, 5.41) is 0. The number of rotatable bonds is 4. The minimum Gasteiger partial charge on any atom is -0.370 e. The van der Waals surface area contributed by atoms with Crippen LogP contribution in [0.25, 0.3) is 0 Å². The van der Waals surface area contributed by atoms with Crippen molar-refractivity contribution in [2.24, 2.45) is 16.5 Å². The van der Waals surface area contributed by atoms with E-state index in [0.29, 0.717) is 6.54 Å². The van der Waals surface area contributed by atoms with Gasteiger partial charge in [0.15, 0.2) is 5.96 Å². The van der Waals surface area contributed by atoms with Crippen molar-refractivity contribution in [3.05, 3.63) is 35.4 Å². The largest absolute Gasteiger partial charge is 0.370 e. The number of nitrogens with zero attached hydrogens (tertiary/aromatic N) is 1. The lowest BCUT2D eigenvalue weighted by Crippen LogP contribution is -2.23. The molecule has 1 rings (SSSR count). The van der Waals surface area contributed by atoms with Crippen molar-refractivity contribution in [2.45, 2.75) is 19.8 Å². The first-order valence-electron chi connectivity index (χ1n) is 4.85. The summed E-state index contributed by atoms with van der Waals surface area (Å²) in [5.74, 6) is 0.162. The number of aryl methyl sites for hydroxylation is 1. The summed E-state index contributed by atoms with van der Waals surface area (Å²) in [6, 6.07) is 8.54. The van der Waals surface area contributed by atoms with Crippen LogP contribution < -0.4 is 11.5 Å². The Labute approximate surface area is 84.8 Å². The second-order valence-corrected chi connectivity index (χ2v) is 3.23. The van der Waals surface area contributed by atoms with Crippen LogP contribution in [0.2, 0.25) is 0 Å².